The number of Topliss-reactive ketones (excluding diaryl/α,β-unsaturated/α-hetero) is 1. The molecule has 0 aromatic heterocycles. The lowest BCUT2D eigenvalue weighted by molar-refractivity contribution is -0.138. The second-order valence-electron chi connectivity index (χ2n) is 4.58. The van der Waals surface area contributed by atoms with E-state index in [9.17, 15) is 9.59 Å². The van der Waals surface area contributed by atoms with Crippen LogP contribution in [0.15, 0.2) is 29.8 Å². The van der Waals surface area contributed by atoms with Crippen LogP contribution in [0.5, 0.6) is 0 Å². The van der Waals surface area contributed by atoms with Gasteiger partial charge in [-0.05, 0) is 24.1 Å². The van der Waals surface area contributed by atoms with Crippen LogP contribution in [0.3, 0.4) is 0 Å². The van der Waals surface area contributed by atoms with Gasteiger partial charge in [-0.2, -0.15) is 5.26 Å². The smallest absolute Gasteiger partial charge is 0.341 e. The molecule has 0 bridgehead atoms. The fraction of sp³-hybridized carbons (Fsp3) is 0.353. The molecule has 5 nitrogen and oxygen atoms in total. The number of methoxy groups -OCH3 is 1. The molecule has 1 aromatic rings. The Morgan fingerprint density at radius 3 is 2.68 bits per heavy atom. The topological polar surface area (TPSA) is 76.4 Å². The van der Waals surface area contributed by atoms with Gasteiger partial charge >= 0.3 is 5.97 Å². The number of nitriles is 1. The van der Waals surface area contributed by atoms with E-state index in [0.717, 1.165) is 12.8 Å². The van der Waals surface area contributed by atoms with Gasteiger partial charge in [0, 0.05) is 6.61 Å². The zero-order valence-electron chi connectivity index (χ0n) is 12.8. The van der Waals surface area contributed by atoms with E-state index in [4.69, 9.17) is 10.00 Å². The van der Waals surface area contributed by atoms with Gasteiger partial charge in [-0.3, -0.25) is 4.79 Å². The summed E-state index contributed by atoms with van der Waals surface area (Å²) in [4.78, 5) is 23.9. The first-order valence-corrected chi connectivity index (χ1v) is 7.04. The fourth-order valence-corrected chi connectivity index (χ4v) is 1.73. The second kappa shape index (κ2) is 9.48. The predicted molar refractivity (Wildman–Crippen MR) is 81.9 cm³/mol. The Labute approximate surface area is 130 Å². The summed E-state index contributed by atoms with van der Waals surface area (Å²) in [5.74, 6) is -1.20. The minimum absolute atomic E-state index is 0.123. The molecule has 0 radical (unpaired) electrons. The molecule has 0 spiro atoms. The number of hydrogen-bond donors (Lipinski definition) is 0. The first kappa shape index (κ1) is 17.6. The highest BCUT2D eigenvalue weighted by Gasteiger charge is 2.19. The number of hydrogen-bond acceptors (Lipinski definition) is 5. The molecular weight excluding hydrogens is 282 g/mol. The maximum atomic E-state index is 12.1. The molecule has 1 rings (SSSR count). The molecule has 0 amide bonds. The number of esters is 1. The monoisotopic (exact) mass is 301 g/mol. The summed E-state index contributed by atoms with van der Waals surface area (Å²) in [6.45, 7) is 2.30. The first-order valence-electron chi connectivity index (χ1n) is 7.04. The standard InChI is InChI=1S/C17H19NO4/c1-3-4-9-22-12-16(19)15(17(20)21-2)10-13-7-5-6-8-14(13)11-18/h5-8,10H,3-4,9,12H2,1-2H3. The largest absolute Gasteiger partial charge is 0.465 e. The Hall–Kier alpha value is -2.45. The highest BCUT2D eigenvalue weighted by Crippen LogP contribution is 2.14. The van der Waals surface area contributed by atoms with E-state index in [-0.39, 0.29) is 12.2 Å². The molecule has 116 valence electrons. The summed E-state index contributed by atoms with van der Waals surface area (Å²) in [6.07, 6.45) is 3.18. The molecule has 22 heavy (non-hydrogen) atoms. The molecule has 0 aliphatic heterocycles. The Morgan fingerprint density at radius 2 is 2.05 bits per heavy atom. The number of nitrogens with zero attached hydrogens (tertiary/aromatic N) is 1. The Bertz CT molecular complexity index is 599. The van der Waals surface area contributed by atoms with Gasteiger partial charge in [0.05, 0.1) is 18.7 Å². The lowest BCUT2D eigenvalue weighted by Gasteiger charge is -2.07. The summed E-state index contributed by atoms with van der Waals surface area (Å²) in [5, 5.41) is 9.06. The summed E-state index contributed by atoms with van der Waals surface area (Å²) in [7, 11) is 1.21. The van der Waals surface area contributed by atoms with Crippen LogP contribution in [-0.4, -0.2) is 32.1 Å². The SMILES string of the molecule is CCCCOCC(=O)C(=Cc1ccccc1C#N)C(=O)OC. The lowest BCUT2D eigenvalue weighted by atomic mass is 10.0. The maximum Gasteiger partial charge on any atom is 0.341 e. The molecule has 5 heteroatoms. The van der Waals surface area contributed by atoms with Crippen molar-refractivity contribution in [1.29, 1.82) is 5.26 Å². The third-order valence-corrected chi connectivity index (χ3v) is 2.96. The molecule has 0 aliphatic rings. The molecule has 1 aromatic carbocycles. The normalized spacial score (nSPS) is 10.9. The number of rotatable bonds is 8. The quantitative estimate of drug-likeness (QED) is 0.242. The molecular formula is C17H19NO4. The van der Waals surface area contributed by atoms with Crippen LogP contribution in [0.1, 0.15) is 30.9 Å². The predicted octanol–water partition coefficient (Wildman–Crippen LogP) is 2.50. The van der Waals surface area contributed by atoms with Crippen molar-refractivity contribution in [2.75, 3.05) is 20.3 Å². The number of carbonyl (C=O) groups is 2. The average molecular weight is 301 g/mol. The Kier molecular flexibility index (Phi) is 7.58. The van der Waals surface area contributed by atoms with E-state index in [1.165, 1.54) is 13.2 Å². The van der Waals surface area contributed by atoms with Crippen molar-refractivity contribution >= 4 is 17.8 Å². The number of benzene rings is 1. The lowest BCUT2D eigenvalue weighted by Crippen LogP contribution is -2.19. The molecule has 0 heterocycles. The highest BCUT2D eigenvalue weighted by molar-refractivity contribution is 6.21. The number of unbranched alkanes of at least 4 members (excludes halogenated alkanes) is 1. The Balaban J connectivity index is 2.98. The van der Waals surface area contributed by atoms with Crippen molar-refractivity contribution in [2.45, 2.75) is 19.8 Å². The van der Waals surface area contributed by atoms with Crippen molar-refractivity contribution in [3.8, 4) is 6.07 Å². The van der Waals surface area contributed by atoms with Gasteiger partial charge in [-0.25, -0.2) is 4.79 Å². The van der Waals surface area contributed by atoms with Crippen LogP contribution >= 0.6 is 0 Å². The fourth-order valence-electron chi connectivity index (χ4n) is 1.73. The van der Waals surface area contributed by atoms with Gasteiger partial charge in [-0.1, -0.05) is 31.5 Å². The number of ether oxygens (including phenoxy) is 2. The molecule has 0 fully saturated rings. The van der Waals surface area contributed by atoms with Gasteiger partial charge in [-0.15, -0.1) is 0 Å². The van der Waals surface area contributed by atoms with Crippen molar-refractivity contribution < 1.29 is 19.1 Å². The third kappa shape index (κ3) is 5.15. The summed E-state index contributed by atoms with van der Waals surface area (Å²) in [6, 6.07) is 8.73. The zero-order chi connectivity index (χ0) is 16.4. The van der Waals surface area contributed by atoms with Crippen LogP contribution < -0.4 is 0 Å². The van der Waals surface area contributed by atoms with Gasteiger partial charge < -0.3 is 9.47 Å². The van der Waals surface area contributed by atoms with E-state index >= 15 is 0 Å². The zero-order valence-corrected chi connectivity index (χ0v) is 12.8. The number of ketones is 1. The van der Waals surface area contributed by atoms with E-state index in [1.54, 1.807) is 24.3 Å². The van der Waals surface area contributed by atoms with E-state index in [2.05, 4.69) is 4.74 Å². The van der Waals surface area contributed by atoms with Gasteiger partial charge in [0.25, 0.3) is 0 Å². The molecule has 0 atom stereocenters. The molecule has 0 saturated carbocycles. The van der Waals surface area contributed by atoms with E-state index in [0.29, 0.717) is 17.7 Å². The highest BCUT2D eigenvalue weighted by atomic mass is 16.5. The maximum absolute atomic E-state index is 12.1. The molecule has 0 unspecified atom stereocenters. The van der Waals surface area contributed by atoms with Crippen molar-refractivity contribution in [3.05, 3.63) is 41.0 Å². The molecule has 0 saturated heterocycles. The summed E-state index contributed by atoms with van der Waals surface area (Å²) < 4.78 is 9.88. The van der Waals surface area contributed by atoms with Crippen LogP contribution in [0.25, 0.3) is 6.08 Å². The summed E-state index contributed by atoms with van der Waals surface area (Å²) >= 11 is 0. The van der Waals surface area contributed by atoms with Crippen molar-refractivity contribution in [2.24, 2.45) is 0 Å². The number of carbonyl (C=O) groups excluding carboxylic acids is 2. The van der Waals surface area contributed by atoms with Gasteiger partial charge in [0.15, 0.2) is 5.78 Å². The molecule has 0 aliphatic carbocycles. The minimum atomic E-state index is -0.739. The van der Waals surface area contributed by atoms with Crippen LogP contribution in [0.2, 0.25) is 0 Å². The second-order valence-corrected chi connectivity index (χ2v) is 4.58. The van der Waals surface area contributed by atoms with Crippen LogP contribution in [0, 0.1) is 11.3 Å². The van der Waals surface area contributed by atoms with Crippen LogP contribution in [0.4, 0.5) is 0 Å². The third-order valence-electron chi connectivity index (χ3n) is 2.96. The summed E-state index contributed by atoms with van der Waals surface area (Å²) in [5.41, 5.74) is 0.748. The van der Waals surface area contributed by atoms with Crippen molar-refractivity contribution in [3.63, 3.8) is 0 Å². The van der Waals surface area contributed by atoms with Gasteiger partial charge in [0.2, 0.25) is 0 Å². The average Bonchev–Trinajstić information content (AvgIpc) is 2.56. The molecule has 0 N–H and O–H groups in total. The Morgan fingerprint density at radius 1 is 1.32 bits per heavy atom. The van der Waals surface area contributed by atoms with E-state index in [1.807, 2.05) is 13.0 Å². The minimum Gasteiger partial charge on any atom is -0.465 e. The van der Waals surface area contributed by atoms with Crippen LogP contribution in [-0.2, 0) is 19.1 Å². The van der Waals surface area contributed by atoms with Crippen molar-refractivity contribution in [1.82, 2.24) is 0 Å². The first-order chi connectivity index (χ1) is 10.6. The van der Waals surface area contributed by atoms with Gasteiger partial charge in [0.1, 0.15) is 12.2 Å². The van der Waals surface area contributed by atoms with E-state index < -0.39 is 11.8 Å².